The monoisotopic (exact) mass is 275 g/mol. The van der Waals surface area contributed by atoms with Crippen molar-refractivity contribution in [3.8, 4) is 0 Å². The molecule has 1 N–H and O–H groups in total. The second-order valence-corrected chi connectivity index (χ2v) is 7.02. The highest BCUT2D eigenvalue weighted by Gasteiger charge is 2.22. The Morgan fingerprint density at radius 3 is 2.94 bits per heavy atom. The van der Waals surface area contributed by atoms with Crippen molar-refractivity contribution >= 4 is 23.1 Å². The summed E-state index contributed by atoms with van der Waals surface area (Å²) in [6.45, 7) is 3.33. The number of nitrogens with one attached hydrogen (secondary N) is 1. The Kier molecular flexibility index (Phi) is 3.73. The lowest BCUT2D eigenvalue weighted by molar-refractivity contribution is 0.574. The Balaban J connectivity index is 1.54. The highest BCUT2D eigenvalue weighted by molar-refractivity contribution is 8.00. The van der Waals surface area contributed by atoms with E-state index in [-0.39, 0.29) is 0 Å². The molecule has 1 aromatic heterocycles. The molecule has 2 aromatic rings. The van der Waals surface area contributed by atoms with Gasteiger partial charge in [0, 0.05) is 27.6 Å². The third-order valence-corrected chi connectivity index (χ3v) is 5.71. The molecule has 0 aliphatic carbocycles. The van der Waals surface area contributed by atoms with E-state index in [9.17, 15) is 0 Å². The first-order chi connectivity index (χ1) is 8.83. The van der Waals surface area contributed by atoms with E-state index >= 15 is 0 Å². The lowest BCUT2D eigenvalue weighted by Gasteiger charge is -2.15. The first-order valence-corrected chi connectivity index (χ1v) is 8.10. The summed E-state index contributed by atoms with van der Waals surface area (Å²) < 4.78 is 0. The predicted molar refractivity (Wildman–Crippen MR) is 80.5 cm³/mol. The zero-order chi connectivity index (χ0) is 12.4. The van der Waals surface area contributed by atoms with Crippen molar-refractivity contribution in [1.29, 1.82) is 0 Å². The summed E-state index contributed by atoms with van der Waals surface area (Å²) in [7, 11) is 0. The van der Waals surface area contributed by atoms with Gasteiger partial charge >= 0.3 is 0 Å². The molecular formula is C15H17NS2. The standard InChI is InChI=1S/C15H17NS2/c1-11(14-7-4-8-17-14)16-10-13-9-12-5-2-3-6-15(12)18-13/h2-8,11,13,16H,9-10H2,1H3. The Morgan fingerprint density at radius 1 is 1.28 bits per heavy atom. The molecule has 18 heavy (non-hydrogen) atoms. The zero-order valence-corrected chi connectivity index (χ0v) is 12.1. The fourth-order valence-electron chi connectivity index (χ4n) is 2.31. The van der Waals surface area contributed by atoms with Crippen LogP contribution >= 0.6 is 23.1 Å². The van der Waals surface area contributed by atoms with Gasteiger partial charge in [-0.1, -0.05) is 24.3 Å². The minimum atomic E-state index is 0.467. The van der Waals surface area contributed by atoms with Crippen LogP contribution < -0.4 is 5.32 Å². The van der Waals surface area contributed by atoms with E-state index in [0.29, 0.717) is 11.3 Å². The van der Waals surface area contributed by atoms with Crippen molar-refractivity contribution in [1.82, 2.24) is 5.32 Å². The highest BCUT2D eigenvalue weighted by atomic mass is 32.2. The maximum Gasteiger partial charge on any atom is 0.0386 e. The van der Waals surface area contributed by atoms with Crippen molar-refractivity contribution in [2.24, 2.45) is 0 Å². The van der Waals surface area contributed by atoms with Crippen molar-refractivity contribution in [2.45, 2.75) is 29.5 Å². The van der Waals surface area contributed by atoms with Crippen LogP contribution in [0.2, 0.25) is 0 Å². The Bertz CT molecular complexity index is 482. The quantitative estimate of drug-likeness (QED) is 0.901. The van der Waals surface area contributed by atoms with Crippen LogP contribution in [0.15, 0.2) is 46.7 Å². The average Bonchev–Trinajstić information content (AvgIpc) is 3.04. The maximum atomic E-state index is 3.65. The number of benzene rings is 1. The van der Waals surface area contributed by atoms with Crippen molar-refractivity contribution in [3.05, 3.63) is 52.2 Å². The van der Waals surface area contributed by atoms with Crippen molar-refractivity contribution in [2.75, 3.05) is 6.54 Å². The summed E-state index contributed by atoms with van der Waals surface area (Å²) in [6, 6.07) is 13.6. The molecule has 0 saturated carbocycles. The molecule has 1 aromatic carbocycles. The van der Waals surface area contributed by atoms with E-state index in [1.54, 1.807) is 0 Å². The van der Waals surface area contributed by atoms with Gasteiger partial charge in [0.2, 0.25) is 0 Å². The maximum absolute atomic E-state index is 3.65. The number of hydrogen-bond acceptors (Lipinski definition) is 3. The van der Waals surface area contributed by atoms with E-state index in [1.807, 2.05) is 23.1 Å². The molecule has 0 bridgehead atoms. The molecule has 2 unspecified atom stereocenters. The predicted octanol–water partition coefficient (Wildman–Crippen LogP) is 4.12. The third-order valence-electron chi connectivity index (χ3n) is 3.34. The fraction of sp³-hybridized carbons (Fsp3) is 0.333. The smallest absolute Gasteiger partial charge is 0.0386 e. The SMILES string of the molecule is CC(NCC1Cc2ccccc2S1)c1cccs1. The number of thioether (sulfide) groups is 1. The van der Waals surface area contributed by atoms with Crippen LogP contribution in [0.4, 0.5) is 0 Å². The van der Waals surface area contributed by atoms with Crippen LogP contribution in [0.25, 0.3) is 0 Å². The Morgan fingerprint density at radius 2 is 2.17 bits per heavy atom. The van der Waals surface area contributed by atoms with E-state index in [1.165, 1.54) is 21.8 Å². The molecule has 0 spiro atoms. The van der Waals surface area contributed by atoms with Gasteiger partial charge in [-0.05, 0) is 36.4 Å². The van der Waals surface area contributed by atoms with Gasteiger partial charge in [0.1, 0.15) is 0 Å². The summed E-state index contributed by atoms with van der Waals surface area (Å²) in [4.78, 5) is 2.89. The van der Waals surface area contributed by atoms with Crippen molar-refractivity contribution < 1.29 is 0 Å². The molecule has 1 aliphatic heterocycles. The Labute approximate surface area is 117 Å². The van der Waals surface area contributed by atoms with Crippen LogP contribution in [0.3, 0.4) is 0 Å². The molecule has 2 atom stereocenters. The molecule has 2 heterocycles. The molecule has 3 heteroatoms. The van der Waals surface area contributed by atoms with Gasteiger partial charge in [-0.15, -0.1) is 23.1 Å². The zero-order valence-electron chi connectivity index (χ0n) is 10.4. The van der Waals surface area contributed by atoms with Gasteiger partial charge in [0.05, 0.1) is 0 Å². The molecule has 0 radical (unpaired) electrons. The molecule has 0 fully saturated rings. The van der Waals surface area contributed by atoms with E-state index in [2.05, 4.69) is 54.0 Å². The van der Waals surface area contributed by atoms with Crippen LogP contribution in [0.5, 0.6) is 0 Å². The van der Waals surface area contributed by atoms with Gasteiger partial charge in [-0.3, -0.25) is 0 Å². The molecule has 0 amide bonds. The van der Waals surface area contributed by atoms with Gasteiger partial charge in [-0.2, -0.15) is 0 Å². The Hall–Kier alpha value is -0.770. The molecule has 94 valence electrons. The molecule has 0 saturated heterocycles. The summed E-state index contributed by atoms with van der Waals surface area (Å²) in [5, 5.41) is 6.48. The normalized spacial score (nSPS) is 19.7. The van der Waals surface area contributed by atoms with Gasteiger partial charge in [-0.25, -0.2) is 0 Å². The van der Waals surface area contributed by atoms with Crippen LogP contribution in [-0.2, 0) is 6.42 Å². The van der Waals surface area contributed by atoms with Gasteiger partial charge in [0.25, 0.3) is 0 Å². The average molecular weight is 275 g/mol. The molecular weight excluding hydrogens is 258 g/mol. The third kappa shape index (κ3) is 2.63. The summed E-state index contributed by atoms with van der Waals surface area (Å²) in [5.41, 5.74) is 1.51. The van der Waals surface area contributed by atoms with Crippen LogP contribution in [-0.4, -0.2) is 11.8 Å². The summed E-state index contributed by atoms with van der Waals surface area (Å²) >= 11 is 3.85. The number of thiophene rings is 1. The minimum Gasteiger partial charge on any atom is -0.308 e. The number of hydrogen-bond donors (Lipinski definition) is 1. The lowest BCUT2D eigenvalue weighted by atomic mass is 10.1. The van der Waals surface area contributed by atoms with Gasteiger partial charge in [0.15, 0.2) is 0 Å². The van der Waals surface area contributed by atoms with E-state index in [4.69, 9.17) is 0 Å². The highest BCUT2D eigenvalue weighted by Crippen LogP contribution is 2.36. The van der Waals surface area contributed by atoms with E-state index in [0.717, 1.165) is 6.54 Å². The number of fused-ring (bicyclic) bond motifs is 1. The van der Waals surface area contributed by atoms with Crippen molar-refractivity contribution in [3.63, 3.8) is 0 Å². The van der Waals surface area contributed by atoms with E-state index < -0.39 is 0 Å². The largest absolute Gasteiger partial charge is 0.308 e. The lowest BCUT2D eigenvalue weighted by Crippen LogP contribution is -2.26. The summed E-state index contributed by atoms with van der Waals surface area (Å²) in [5.74, 6) is 0. The molecule has 3 rings (SSSR count). The number of rotatable bonds is 4. The topological polar surface area (TPSA) is 12.0 Å². The fourth-order valence-corrected chi connectivity index (χ4v) is 4.33. The first-order valence-electron chi connectivity index (χ1n) is 6.34. The minimum absolute atomic E-state index is 0.467. The molecule has 1 nitrogen and oxygen atoms in total. The van der Waals surface area contributed by atoms with Crippen LogP contribution in [0, 0.1) is 0 Å². The van der Waals surface area contributed by atoms with Gasteiger partial charge < -0.3 is 5.32 Å². The van der Waals surface area contributed by atoms with Crippen LogP contribution in [0.1, 0.15) is 23.4 Å². The first kappa shape index (κ1) is 12.3. The second kappa shape index (κ2) is 5.47. The summed E-state index contributed by atoms with van der Waals surface area (Å²) in [6.07, 6.45) is 1.20. The second-order valence-electron chi connectivity index (χ2n) is 4.70. The molecule has 1 aliphatic rings.